The Bertz CT molecular complexity index is 437. The van der Waals surface area contributed by atoms with Crippen LogP contribution in [0.5, 0.6) is 0 Å². The maximum atomic E-state index is 12.2. The van der Waals surface area contributed by atoms with Crippen molar-refractivity contribution in [2.75, 3.05) is 45.2 Å². The van der Waals surface area contributed by atoms with Crippen LogP contribution < -0.4 is 10.2 Å². The van der Waals surface area contributed by atoms with Gasteiger partial charge in [-0.15, -0.1) is 0 Å². The van der Waals surface area contributed by atoms with Crippen LogP contribution in [0.4, 0.5) is 5.69 Å². The molecule has 0 unspecified atom stereocenters. The molecule has 2 rings (SSSR count). The lowest BCUT2D eigenvalue weighted by Crippen LogP contribution is -2.44. The average Bonchev–Trinajstić information content (AvgIpc) is 2.49. The second-order valence-electron chi connectivity index (χ2n) is 4.96. The first-order valence-corrected chi connectivity index (χ1v) is 7.37. The number of aryl methyl sites for hydroxylation is 1. The number of carbonyl (C=O) groups is 1. The van der Waals surface area contributed by atoms with Crippen molar-refractivity contribution < 1.29 is 4.79 Å². The second-order valence-corrected chi connectivity index (χ2v) is 4.96. The summed E-state index contributed by atoms with van der Waals surface area (Å²) in [6.07, 6.45) is 0. The lowest BCUT2D eigenvalue weighted by atomic mass is 10.1. The molecule has 1 aliphatic rings. The van der Waals surface area contributed by atoms with Crippen molar-refractivity contribution in [3.8, 4) is 0 Å². The average molecular weight is 277 g/mol. The predicted octanol–water partition coefficient (Wildman–Crippen LogP) is 2.13. The van der Waals surface area contributed by atoms with Crippen LogP contribution >= 0.6 is 0 Å². The van der Waals surface area contributed by atoms with Gasteiger partial charge in [-0.3, -0.25) is 4.79 Å². The molecule has 1 saturated heterocycles. The minimum absolute atomic E-state index is 0.0761. The molecule has 0 atom stereocenters. The van der Waals surface area contributed by atoms with E-state index in [1.807, 2.05) is 26.8 Å². The van der Waals surface area contributed by atoms with E-state index in [1.54, 1.807) is 19.0 Å². The fraction of sp³-hybridized carbons (Fsp3) is 0.562. The number of piperazine rings is 1. The zero-order chi connectivity index (χ0) is 15.1. The standard InChI is InChI=1S/C14H21N3O.C2H6/c1-11-4-5-13(17-8-6-15-7-9-17)12(10-11)14(18)16(2)3;1-2/h4-5,10,15H,6-9H2,1-3H3;1-2H3. The largest absolute Gasteiger partial charge is 0.368 e. The molecular formula is C16H27N3O. The predicted molar refractivity (Wildman–Crippen MR) is 85.6 cm³/mol. The highest BCUT2D eigenvalue weighted by Crippen LogP contribution is 2.23. The summed E-state index contributed by atoms with van der Waals surface area (Å²) >= 11 is 0. The van der Waals surface area contributed by atoms with E-state index in [-0.39, 0.29) is 5.91 Å². The SMILES string of the molecule is CC.Cc1ccc(N2CCNCC2)c(C(=O)N(C)C)c1. The third-order valence-electron chi connectivity index (χ3n) is 3.25. The van der Waals surface area contributed by atoms with E-state index in [9.17, 15) is 4.79 Å². The highest BCUT2D eigenvalue weighted by molar-refractivity contribution is 5.99. The highest BCUT2D eigenvalue weighted by Gasteiger charge is 2.19. The number of rotatable bonds is 2. The van der Waals surface area contributed by atoms with Gasteiger partial charge in [-0.1, -0.05) is 25.5 Å². The fourth-order valence-electron chi connectivity index (χ4n) is 2.24. The number of amides is 1. The quantitative estimate of drug-likeness (QED) is 0.899. The number of carbonyl (C=O) groups excluding carboxylic acids is 1. The van der Waals surface area contributed by atoms with Gasteiger partial charge in [0.1, 0.15) is 0 Å². The summed E-state index contributed by atoms with van der Waals surface area (Å²) < 4.78 is 0. The molecule has 1 N–H and O–H groups in total. The number of anilines is 1. The molecule has 0 bridgehead atoms. The highest BCUT2D eigenvalue weighted by atomic mass is 16.2. The number of benzene rings is 1. The first-order valence-electron chi connectivity index (χ1n) is 7.37. The van der Waals surface area contributed by atoms with Gasteiger partial charge in [-0.25, -0.2) is 0 Å². The van der Waals surface area contributed by atoms with Crippen molar-refractivity contribution in [3.05, 3.63) is 29.3 Å². The molecule has 1 heterocycles. The number of hydrogen-bond acceptors (Lipinski definition) is 3. The molecule has 0 saturated carbocycles. The molecule has 4 heteroatoms. The summed E-state index contributed by atoms with van der Waals surface area (Å²) in [7, 11) is 3.60. The van der Waals surface area contributed by atoms with Crippen molar-refractivity contribution in [1.82, 2.24) is 10.2 Å². The summed E-state index contributed by atoms with van der Waals surface area (Å²) in [5, 5.41) is 3.33. The lowest BCUT2D eigenvalue weighted by Gasteiger charge is -2.31. The van der Waals surface area contributed by atoms with Crippen LogP contribution in [0.15, 0.2) is 18.2 Å². The molecule has 112 valence electrons. The van der Waals surface area contributed by atoms with Crippen LogP contribution in [0.25, 0.3) is 0 Å². The van der Waals surface area contributed by atoms with Gasteiger partial charge in [0.15, 0.2) is 0 Å². The molecule has 0 aliphatic carbocycles. The number of hydrogen-bond donors (Lipinski definition) is 1. The van der Waals surface area contributed by atoms with Gasteiger partial charge >= 0.3 is 0 Å². The van der Waals surface area contributed by atoms with Gasteiger partial charge in [-0.05, 0) is 19.1 Å². The van der Waals surface area contributed by atoms with Gasteiger partial charge in [-0.2, -0.15) is 0 Å². The Labute approximate surface area is 122 Å². The third kappa shape index (κ3) is 3.97. The zero-order valence-electron chi connectivity index (χ0n) is 13.4. The Morgan fingerprint density at radius 1 is 1.20 bits per heavy atom. The molecule has 1 fully saturated rings. The summed E-state index contributed by atoms with van der Waals surface area (Å²) in [5.74, 6) is 0.0761. The smallest absolute Gasteiger partial charge is 0.255 e. The van der Waals surface area contributed by atoms with E-state index in [0.29, 0.717) is 0 Å². The minimum Gasteiger partial charge on any atom is -0.368 e. The maximum absolute atomic E-state index is 12.2. The molecule has 1 aromatic rings. The normalized spacial score (nSPS) is 14.3. The van der Waals surface area contributed by atoms with E-state index < -0.39 is 0 Å². The van der Waals surface area contributed by atoms with Gasteiger partial charge < -0.3 is 15.1 Å². The van der Waals surface area contributed by atoms with Crippen molar-refractivity contribution >= 4 is 11.6 Å². The fourth-order valence-corrected chi connectivity index (χ4v) is 2.24. The van der Waals surface area contributed by atoms with Crippen LogP contribution in [0.3, 0.4) is 0 Å². The Balaban J connectivity index is 0.000000956. The van der Waals surface area contributed by atoms with E-state index >= 15 is 0 Å². The summed E-state index contributed by atoms with van der Waals surface area (Å²) in [6, 6.07) is 6.13. The molecule has 0 spiro atoms. The molecule has 1 aliphatic heterocycles. The van der Waals surface area contributed by atoms with Gasteiger partial charge in [0.2, 0.25) is 0 Å². The number of nitrogens with zero attached hydrogens (tertiary/aromatic N) is 2. The van der Waals surface area contributed by atoms with Crippen molar-refractivity contribution in [2.24, 2.45) is 0 Å². The summed E-state index contributed by atoms with van der Waals surface area (Å²) in [4.78, 5) is 16.2. The topological polar surface area (TPSA) is 35.6 Å². The molecule has 0 aromatic heterocycles. The van der Waals surface area contributed by atoms with Crippen molar-refractivity contribution in [2.45, 2.75) is 20.8 Å². The van der Waals surface area contributed by atoms with Crippen LogP contribution in [0.1, 0.15) is 29.8 Å². The van der Waals surface area contributed by atoms with Crippen LogP contribution in [-0.4, -0.2) is 51.1 Å². The van der Waals surface area contributed by atoms with Crippen LogP contribution in [-0.2, 0) is 0 Å². The first kappa shape index (κ1) is 16.5. The zero-order valence-corrected chi connectivity index (χ0v) is 13.4. The van der Waals surface area contributed by atoms with Gasteiger partial charge in [0.05, 0.1) is 5.56 Å². The maximum Gasteiger partial charge on any atom is 0.255 e. The molecular weight excluding hydrogens is 250 g/mol. The molecule has 1 amide bonds. The van der Waals surface area contributed by atoms with Crippen LogP contribution in [0.2, 0.25) is 0 Å². The van der Waals surface area contributed by atoms with Crippen molar-refractivity contribution in [1.29, 1.82) is 0 Å². The summed E-state index contributed by atoms with van der Waals surface area (Å²) in [6.45, 7) is 9.88. The molecule has 4 nitrogen and oxygen atoms in total. The van der Waals surface area contributed by atoms with E-state index in [0.717, 1.165) is 43.0 Å². The summed E-state index contributed by atoms with van der Waals surface area (Å²) in [5.41, 5.74) is 2.99. The number of nitrogens with one attached hydrogen (secondary N) is 1. The van der Waals surface area contributed by atoms with E-state index in [1.165, 1.54) is 0 Å². The first-order chi connectivity index (χ1) is 9.59. The van der Waals surface area contributed by atoms with Crippen LogP contribution in [0, 0.1) is 6.92 Å². The third-order valence-corrected chi connectivity index (χ3v) is 3.25. The minimum atomic E-state index is 0.0761. The Morgan fingerprint density at radius 3 is 2.35 bits per heavy atom. The van der Waals surface area contributed by atoms with Gasteiger partial charge in [0, 0.05) is 46.0 Å². The Morgan fingerprint density at radius 2 is 1.80 bits per heavy atom. The second kappa shape index (κ2) is 7.90. The van der Waals surface area contributed by atoms with Gasteiger partial charge in [0.25, 0.3) is 5.91 Å². The monoisotopic (exact) mass is 277 g/mol. The molecule has 0 radical (unpaired) electrons. The molecule has 1 aromatic carbocycles. The van der Waals surface area contributed by atoms with E-state index in [2.05, 4.69) is 22.3 Å². The molecule has 20 heavy (non-hydrogen) atoms. The Hall–Kier alpha value is -1.55. The Kier molecular flexibility index (Phi) is 6.52. The lowest BCUT2D eigenvalue weighted by molar-refractivity contribution is 0.0828. The van der Waals surface area contributed by atoms with Crippen molar-refractivity contribution in [3.63, 3.8) is 0 Å². The van der Waals surface area contributed by atoms with E-state index in [4.69, 9.17) is 0 Å².